The van der Waals surface area contributed by atoms with E-state index >= 15 is 0 Å². The molecule has 1 aliphatic rings. The van der Waals surface area contributed by atoms with Gasteiger partial charge in [0.1, 0.15) is 0 Å². The van der Waals surface area contributed by atoms with Crippen LogP contribution in [0.4, 0.5) is 0 Å². The average molecular weight is 231 g/mol. The zero-order chi connectivity index (χ0) is 12.3. The minimum Gasteiger partial charge on any atom is -0.300 e. The van der Waals surface area contributed by atoms with E-state index in [4.69, 9.17) is 0 Å². The van der Waals surface area contributed by atoms with Gasteiger partial charge in [0.05, 0.1) is 0 Å². The van der Waals surface area contributed by atoms with E-state index in [0.29, 0.717) is 12.0 Å². The van der Waals surface area contributed by atoms with Gasteiger partial charge in [0.2, 0.25) is 0 Å². The Hall–Kier alpha value is -0.820. The highest BCUT2D eigenvalue weighted by atomic mass is 15.2. The van der Waals surface area contributed by atoms with Crippen molar-refractivity contribution in [2.45, 2.75) is 45.6 Å². The van der Waals surface area contributed by atoms with Gasteiger partial charge in [-0.15, -0.1) is 0 Å². The van der Waals surface area contributed by atoms with E-state index in [2.05, 4.69) is 56.0 Å². The summed E-state index contributed by atoms with van der Waals surface area (Å²) in [7, 11) is 0. The van der Waals surface area contributed by atoms with Crippen molar-refractivity contribution in [1.29, 1.82) is 0 Å². The van der Waals surface area contributed by atoms with E-state index in [-0.39, 0.29) is 0 Å². The van der Waals surface area contributed by atoms with Gasteiger partial charge < -0.3 is 4.90 Å². The molecule has 0 aromatic heterocycles. The van der Waals surface area contributed by atoms with Gasteiger partial charge >= 0.3 is 0 Å². The first kappa shape index (κ1) is 12.6. The second-order valence-corrected chi connectivity index (χ2v) is 5.80. The molecule has 0 saturated heterocycles. The van der Waals surface area contributed by atoms with E-state index in [9.17, 15) is 0 Å². The molecule has 1 nitrogen and oxygen atoms in total. The normalized spacial score (nSPS) is 17.7. The van der Waals surface area contributed by atoms with Crippen LogP contribution < -0.4 is 0 Å². The third-order valence-corrected chi connectivity index (χ3v) is 3.80. The molecule has 0 spiro atoms. The Balaban J connectivity index is 1.92. The molecular weight excluding hydrogens is 206 g/mol. The van der Waals surface area contributed by atoms with Crippen LogP contribution in [-0.4, -0.2) is 24.0 Å². The smallest absolute Gasteiger partial charge is 0.00504 e. The molecular formula is C16H25N. The molecule has 0 unspecified atom stereocenters. The molecule has 17 heavy (non-hydrogen) atoms. The van der Waals surface area contributed by atoms with Gasteiger partial charge in [0, 0.05) is 19.1 Å². The fourth-order valence-electron chi connectivity index (χ4n) is 2.37. The zero-order valence-corrected chi connectivity index (χ0v) is 11.4. The summed E-state index contributed by atoms with van der Waals surface area (Å²) in [5.41, 5.74) is 1.47. The third kappa shape index (κ3) is 3.85. The summed E-state index contributed by atoms with van der Waals surface area (Å²) in [6, 6.07) is 11.6. The largest absolute Gasteiger partial charge is 0.300 e. The van der Waals surface area contributed by atoms with Crippen molar-refractivity contribution in [1.82, 2.24) is 4.90 Å². The number of hydrogen-bond acceptors (Lipinski definition) is 1. The monoisotopic (exact) mass is 231 g/mol. The molecule has 0 heterocycles. The number of hydrogen-bond donors (Lipinski definition) is 0. The molecule has 1 atom stereocenters. The lowest BCUT2D eigenvalue weighted by Gasteiger charge is -2.29. The van der Waals surface area contributed by atoms with Crippen molar-refractivity contribution in [3.05, 3.63) is 35.9 Å². The van der Waals surface area contributed by atoms with Crippen molar-refractivity contribution < 1.29 is 0 Å². The Morgan fingerprint density at radius 3 is 2.29 bits per heavy atom. The summed E-state index contributed by atoms with van der Waals surface area (Å²) in [5.74, 6) is 1.62. The Morgan fingerprint density at radius 1 is 1.12 bits per heavy atom. The predicted molar refractivity (Wildman–Crippen MR) is 74.3 cm³/mol. The highest BCUT2D eigenvalue weighted by molar-refractivity contribution is 5.19. The van der Waals surface area contributed by atoms with E-state index in [0.717, 1.165) is 5.92 Å². The zero-order valence-electron chi connectivity index (χ0n) is 11.4. The summed E-state index contributed by atoms with van der Waals surface area (Å²) in [6.45, 7) is 9.48. The van der Waals surface area contributed by atoms with Crippen molar-refractivity contribution in [2.75, 3.05) is 13.1 Å². The minimum absolute atomic E-state index is 0.636. The minimum atomic E-state index is 0.636. The summed E-state index contributed by atoms with van der Waals surface area (Å²) in [4.78, 5) is 2.65. The molecule has 1 heteroatoms. The number of benzene rings is 1. The van der Waals surface area contributed by atoms with Crippen LogP contribution in [0.25, 0.3) is 0 Å². The molecule has 1 aromatic rings. The van der Waals surface area contributed by atoms with Crippen LogP contribution in [0.2, 0.25) is 0 Å². The fourth-order valence-corrected chi connectivity index (χ4v) is 2.37. The van der Waals surface area contributed by atoms with Crippen LogP contribution in [0.1, 0.15) is 45.1 Å². The van der Waals surface area contributed by atoms with Crippen LogP contribution >= 0.6 is 0 Å². The van der Waals surface area contributed by atoms with Crippen LogP contribution in [0.5, 0.6) is 0 Å². The van der Waals surface area contributed by atoms with Gasteiger partial charge in [-0.2, -0.15) is 0 Å². The molecule has 94 valence electrons. The maximum Gasteiger partial charge on any atom is 0.00504 e. The Labute approximate surface area is 106 Å². The Morgan fingerprint density at radius 2 is 1.76 bits per heavy atom. The standard InChI is InChI=1S/C16H25N/c1-13(2)17(12-15-9-10-15)11-14(3)16-7-5-4-6-8-16/h4-8,13-15H,9-12H2,1-3H3/t14-/m1/s1. The molecule has 1 aliphatic carbocycles. The summed E-state index contributed by atoms with van der Waals surface area (Å²) >= 11 is 0. The van der Waals surface area contributed by atoms with Crippen LogP contribution in [0.15, 0.2) is 30.3 Å². The lowest BCUT2D eigenvalue weighted by atomic mass is 10.00. The van der Waals surface area contributed by atoms with Gasteiger partial charge in [-0.3, -0.25) is 0 Å². The summed E-state index contributed by atoms with van der Waals surface area (Å²) in [5, 5.41) is 0. The van der Waals surface area contributed by atoms with E-state index in [1.165, 1.54) is 31.5 Å². The van der Waals surface area contributed by atoms with Gasteiger partial charge in [0.15, 0.2) is 0 Å². The van der Waals surface area contributed by atoms with Gasteiger partial charge in [-0.1, -0.05) is 37.3 Å². The first-order chi connectivity index (χ1) is 8.16. The Kier molecular flexibility index (Phi) is 4.22. The highest BCUT2D eigenvalue weighted by Crippen LogP contribution is 2.31. The van der Waals surface area contributed by atoms with E-state index < -0.39 is 0 Å². The molecule has 0 bridgehead atoms. The third-order valence-electron chi connectivity index (χ3n) is 3.80. The SMILES string of the molecule is CC(C)N(CC1CC1)C[C@@H](C)c1ccccc1. The second kappa shape index (κ2) is 5.68. The van der Waals surface area contributed by atoms with Crippen molar-refractivity contribution in [2.24, 2.45) is 5.92 Å². The fraction of sp³-hybridized carbons (Fsp3) is 0.625. The molecule has 0 N–H and O–H groups in total. The first-order valence-corrected chi connectivity index (χ1v) is 6.96. The molecule has 0 aliphatic heterocycles. The quantitative estimate of drug-likeness (QED) is 0.717. The van der Waals surface area contributed by atoms with Gasteiger partial charge in [-0.25, -0.2) is 0 Å². The van der Waals surface area contributed by atoms with Gasteiger partial charge in [-0.05, 0) is 44.1 Å². The number of rotatable bonds is 6. The summed E-state index contributed by atoms with van der Waals surface area (Å²) < 4.78 is 0. The number of nitrogens with zero attached hydrogens (tertiary/aromatic N) is 1. The second-order valence-electron chi connectivity index (χ2n) is 5.80. The topological polar surface area (TPSA) is 3.24 Å². The van der Waals surface area contributed by atoms with E-state index in [1.807, 2.05) is 0 Å². The van der Waals surface area contributed by atoms with E-state index in [1.54, 1.807) is 0 Å². The lowest BCUT2D eigenvalue weighted by Crippen LogP contribution is -2.35. The first-order valence-electron chi connectivity index (χ1n) is 6.96. The average Bonchev–Trinajstić information content (AvgIpc) is 3.13. The van der Waals surface area contributed by atoms with Crippen molar-refractivity contribution in [3.8, 4) is 0 Å². The maximum absolute atomic E-state index is 2.65. The predicted octanol–water partition coefficient (Wildman–Crippen LogP) is 3.91. The molecule has 2 rings (SSSR count). The Bertz CT molecular complexity index is 327. The van der Waals surface area contributed by atoms with Crippen molar-refractivity contribution in [3.63, 3.8) is 0 Å². The van der Waals surface area contributed by atoms with Crippen LogP contribution in [0, 0.1) is 5.92 Å². The summed E-state index contributed by atoms with van der Waals surface area (Å²) in [6.07, 6.45) is 2.89. The van der Waals surface area contributed by atoms with Crippen LogP contribution in [-0.2, 0) is 0 Å². The highest BCUT2D eigenvalue weighted by Gasteiger charge is 2.26. The van der Waals surface area contributed by atoms with Gasteiger partial charge in [0.25, 0.3) is 0 Å². The maximum atomic E-state index is 2.65. The molecule has 1 fully saturated rings. The van der Waals surface area contributed by atoms with Crippen LogP contribution in [0.3, 0.4) is 0 Å². The molecule has 1 aromatic carbocycles. The van der Waals surface area contributed by atoms with Crippen molar-refractivity contribution >= 4 is 0 Å². The molecule has 0 amide bonds. The molecule has 1 saturated carbocycles. The lowest BCUT2D eigenvalue weighted by molar-refractivity contribution is 0.202. The molecule has 0 radical (unpaired) electrons.